The molecule has 0 spiro atoms. The summed E-state index contributed by atoms with van der Waals surface area (Å²) in [5, 5.41) is 7.80. The van der Waals surface area contributed by atoms with Gasteiger partial charge in [-0.25, -0.2) is 4.98 Å². The Balaban J connectivity index is 2.23. The molecule has 0 aliphatic carbocycles. The van der Waals surface area contributed by atoms with Gasteiger partial charge in [-0.3, -0.25) is 5.41 Å². The number of pyridine rings is 1. The minimum absolute atomic E-state index is 0.0944. The van der Waals surface area contributed by atoms with Gasteiger partial charge in [-0.15, -0.1) is 0 Å². The fraction of sp³-hybridized carbons (Fsp3) is 0.600. The van der Waals surface area contributed by atoms with Crippen molar-refractivity contribution in [1.29, 1.82) is 5.41 Å². The summed E-state index contributed by atoms with van der Waals surface area (Å²) in [5.74, 6) is 0.946. The molecule has 5 nitrogen and oxygen atoms in total. The number of anilines is 1. The number of hydrogen-bond donors (Lipinski definition) is 2. The third-order valence-electron chi connectivity index (χ3n) is 3.74. The van der Waals surface area contributed by atoms with Gasteiger partial charge in [-0.1, -0.05) is 0 Å². The molecule has 20 heavy (non-hydrogen) atoms. The maximum absolute atomic E-state index is 7.80. The highest BCUT2D eigenvalue weighted by Gasteiger charge is 2.24. The molecular formula is C15H24N4O. The van der Waals surface area contributed by atoms with Crippen molar-refractivity contribution >= 4 is 11.7 Å². The molecule has 2 heterocycles. The normalized spacial score (nSPS) is 16.4. The van der Waals surface area contributed by atoms with E-state index in [1.54, 1.807) is 0 Å². The van der Waals surface area contributed by atoms with Gasteiger partial charge in [0.25, 0.3) is 0 Å². The molecule has 0 bridgehead atoms. The van der Waals surface area contributed by atoms with Crippen LogP contribution in [-0.4, -0.2) is 36.6 Å². The molecule has 5 heteroatoms. The van der Waals surface area contributed by atoms with Crippen LogP contribution >= 0.6 is 0 Å². The Kier molecular flexibility index (Phi) is 4.60. The van der Waals surface area contributed by atoms with E-state index in [0.29, 0.717) is 6.10 Å². The number of nitrogens with one attached hydrogen (secondary N) is 1. The minimum atomic E-state index is 0.0944. The zero-order chi connectivity index (χ0) is 14.7. The van der Waals surface area contributed by atoms with E-state index in [4.69, 9.17) is 15.9 Å². The lowest BCUT2D eigenvalue weighted by atomic mass is 10.0. The summed E-state index contributed by atoms with van der Waals surface area (Å²) >= 11 is 0. The maximum Gasteiger partial charge on any atom is 0.140 e. The molecule has 2 rings (SSSR count). The zero-order valence-corrected chi connectivity index (χ0v) is 12.6. The van der Waals surface area contributed by atoms with Gasteiger partial charge in [0.1, 0.15) is 11.7 Å². The monoisotopic (exact) mass is 276 g/mol. The molecule has 3 N–H and O–H groups in total. The molecule has 110 valence electrons. The van der Waals surface area contributed by atoms with Crippen LogP contribution in [0.4, 0.5) is 5.82 Å². The summed E-state index contributed by atoms with van der Waals surface area (Å²) in [5.41, 5.74) is 8.50. The maximum atomic E-state index is 7.80. The van der Waals surface area contributed by atoms with Gasteiger partial charge in [0.15, 0.2) is 0 Å². The average molecular weight is 276 g/mol. The Bertz CT molecular complexity index is 493. The highest BCUT2D eigenvalue weighted by atomic mass is 16.5. The van der Waals surface area contributed by atoms with Crippen molar-refractivity contribution in [3.8, 4) is 0 Å². The summed E-state index contributed by atoms with van der Waals surface area (Å²) in [6, 6.07) is 1.98. The Morgan fingerprint density at radius 2 is 2.10 bits per heavy atom. The lowest BCUT2D eigenvalue weighted by molar-refractivity contribution is 0.0458. The fourth-order valence-corrected chi connectivity index (χ4v) is 2.85. The Morgan fingerprint density at radius 3 is 2.65 bits per heavy atom. The molecule has 0 radical (unpaired) electrons. The Hall–Kier alpha value is -1.62. The van der Waals surface area contributed by atoms with Crippen molar-refractivity contribution in [3.63, 3.8) is 0 Å². The topological polar surface area (TPSA) is 75.2 Å². The van der Waals surface area contributed by atoms with Gasteiger partial charge in [0.05, 0.1) is 11.7 Å². The van der Waals surface area contributed by atoms with E-state index in [9.17, 15) is 0 Å². The van der Waals surface area contributed by atoms with E-state index in [2.05, 4.69) is 9.88 Å². The number of amidine groups is 1. The number of ether oxygens (including phenoxy) is 1. The largest absolute Gasteiger partial charge is 0.384 e. The predicted octanol–water partition coefficient (Wildman–Crippen LogP) is 1.99. The Morgan fingerprint density at radius 1 is 1.45 bits per heavy atom. The standard InChI is InChI=1S/C15H24N4O/c1-4-20-12-5-7-19(8-6-12)15-13(14(16)17)10(2)9-11(3)18-15/h9,12H,4-8H2,1-3H3,(H3,16,17). The number of piperidine rings is 1. The summed E-state index contributed by atoms with van der Waals surface area (Å²) in [4.78, 5) is 6.84. The average Bonchev–Trinajstić information content (AvgIpc) is 2.38. The van der Waals surface area contributed by atoms with Crippen LogP contribution in [0.3, 0.4) is 0 Å². The summed E-state index contributed by atoms with van der Waals surface area (Å²) in [6.45, 7) is 8.58. The highest BCUT2D eigenvalue weighted by Crippen LogP contribution is 2.26. The van der Waals surface area contributed by atoms with Gasteiger partial charge in [0, 0.05) is 25.4 Å². The molecule has 0 aromatic carbocycles. The van der Waals surface area contributed by atoms with Crippen molar-refractivity contribution in [2.45, 2.75) is 39.7 Å². The molecule has 0 atom stereocenters. The number of aromatic nitrogens is 1. The van der Waals surface area contributed by atoms with Crippen LogP contribution in [0.1, 0.15) is 36.6 Å². The van der Waals surface area contributed by atoms with E-state index in [1.807, 2.05) is 26.8 Å². The van der Waals surface area contributed by atoms with Gasteiger partial charge in [0.2, 0.25) is 0 Å². The third-order valence-corrected chi connectivity index (χ3v) is 3.74. The molecule has 1 aliphatic rings. The van der Waals surface area contributed by atoms with Crippen LogP contribution in [0.15, 0.2) is 6.07 Å². The first-order chi connectivity index (χ1) is 9.52. The van der Waals surface area contributed by atoms with Gasteiger partial charge in [-0.2, -0.15) is 0 Å². The summed E-state index contributed by atoms with van der Waals surface area (Å²) in [7, 11) is 0. The fourth-order valence-electron chi connectivity index (χ4n) is 2.85. The van der Waals surface area contributed by atoms with Crippen molar-refractivity contribution in [2.75, 3.05) is 24.6 Å². The number of aryl methyl sites for hydroxylation is 2. The predicted molar refractivity (Wildman–Crippen MR) is 81.6 cm³/mol. The number of nitrogen functional groups attached to an aromatic ring is 1. The molecule has 0 saturated carbocycles. The van der Waals surface area contributed by atoms with Crippen molar-refractivity contribution < 1.29 is 4.74 Å². The van der Waals surface area contributed by atoms with E-state index >= 15 is 0 Å². The molecule has 1 aromatic rings. The SMILES string of the molecule is CCOC1CCN(c2nc(C)cc(C)c2C(=N)N)CC1. The lowest BCUT2D eigenvalue weighted by Crippen LogP contribution is -2.39. The van der Waals surface area contributed by atoms with Crippen LogP contribution in [0.2, 0.25) is 0 Å². The first-order valence-corrected chi connectivity index (χ1v) is 7.22. The second-order valence-corrected chi connectivity index (χ2v) is 5.33. The third kappa shape index (κ3) is 3.10. The van der Waals surface area contributed by atoms with E-state index in [1.165, 1.54) is 0 Å². The van der Waals surface area contributed by atoms with Gasteiger partial charge >= 0.3 is 0 Å². The van der Waals surface area contributed by atoms with E-state index in [-0.39, 0.29) is 5.84 Å². The van der Waals surface area contributed by atoms with E-state index < -0.39 is 0 Å². The van der Waals surface area contributed by atoms with Gasteiger partial charge < -0.3 is 15.4 Å². The van der Waals surface area contributed by atoms with Crippen molar-refractivity contribution in [3.05, 3.63) is 22.9 Å². The first-order valence-electron chi connectivity index (χ1n) is 7.22. The minimum Gasteiger partial charge on any atom is -0.384 e. The van der Waals surface area contributed by atoms with Crippen LogP contribution in [0.25, 0.3) is 0 Å². The molecule has 1 aliphatic heterocycles. The second-order valence-electron chi connectivity index (χ2n) is 5.33. The van der Waals surface area contributed by atoms with Crippen molar-refractivity contribution in [1.82, 2.24) is 4.98 Å². The van der Waals surface area contributed by atoms with Crippen LogP contribution in [-0.2, 0) is 4.74 Å². The zero-order valence-electron chi connectivity index (χ0n) is 12.6. The number of nitrogens with two attached hydrogens (primary N) is 1. The lowest BCUT2D eigenvalue weighted by Gasteiger charge is -2.34. The molecule has 1 aromatic heterocycles. The van der Waals surface area contributed by atoms with Crippen molar-refractivity contribution in [2.24, 2.45) is 5.73 Å². The number of nitrogens with zero attached hydrogens (tertiary/aromatic N) is 2. The molecule has 1 saturated heterocycles. The highest BCUT2D eigenvalue weighted by molar-refractivity contribution is 6.01. The molecule has 0 amide bonds. The smallest absolute Gasteiger partial charge is 0.140 e. The van der Waals surface area contributed by atoms with Crippen LogP contribution < -0.4 is 10.6 Å². The number of rotatable bonds is 4. The molecular weight excluding hydrogens is 252 g/mol. The van der Waals surface area contributed by atoms with E-state index in [0.717, 1.165) is 55.2 Å². The Labute approximate surface area is 120 Å². The second kappa shape index (κ2) is 6.22. The molecule has 1 fully saturated rings. The van der Waals surface area contributed by atoms with Crippen LogP contribution in [0, 0.1) is 19.3 Å². The summed E-state index contributed by atoms with van der Waals surface area (Å²) in [6.07, 6.45) is 2.35. The van der Waals surface area contributed by atoms with Gasteiger partial charge in [-0.05, 0) is 45.2 Å². The first kappa shape index (κ1) is 14.8. The number of hydrogen-bond acceptors (Lipinski definition) is 4. The summed E-state index contributed by atoms with van der Waals surface area (Å²) < 4.78 is 5.68. The quantitative estimate of drug-likeness (QED) is 0.651. The van der Waals surface area contributed by atoms with Crippen LogP contribution in [0.5, 0.6) is 0 Å². The molecule has 0 unspecified atom stereocenters.